The largest absolute Gasteiger partial charge is 0.310 e. The summed E-state index contributed by atoms with van der Waals surface area (Å²) < 4.78 is 5.36. The van der Waals surface area contributed by atoms with Crippen LogP contribution in [0.3, 0.4) is 0 Å². The van der Waals surface area contributed by atoms with Crippen molar-refractivity contribution < 1.29 is 0 Å². The van der Waals surface area contributed by atoms with Crippen LogP contribution in [0.15, 0.2) is 219 Å². The van der Waals surface area contributed by atoms with E-state index in [4.69, 9.17) is 4.98 Å². The van der Waals surface area contributed by atoms with Gasteiger partial charge in [-0.05, 0) is 99.6 Å². The standard InChI is InChI=1S/C63H42N4/c1-62(2)49-28-10-15-35-57(49)65(39-19-4-3-5-20-39)58-38-47-45-26-17-30-51-60(45)59-44(46-27-18-36-64-61(46)48(47)37-52(58)62)25-16-29-50(59)63(51,66-53-31-11-6-21-40(53)41-22-7-12-32-54(41)66)67-55-33-13-8-23-42(55)43-24-9-14-34-56(43)67/h3-38H,1-2H3. The number of para-hydroxylation sites is 6. The van der Waals surface area contributed by atoms with Gasteiger partial charge in [0, 0.05) is 61.1 Å². The number of fused-ring (bicyclic) bond motifs is 13. The maximum Gasteiger partial charge on any atom is 0.176 e. The lowest BCUT2D eigenvalue weighted by atomic mass is 9.71. The number of anilines is 3. The van der Waals surface area contributed by atoms with Crippen molar-refractivity contribution in [2.24, 2.45) is 0 Å². The highest BCUT2D eigenvalue weighted by Gasteiger charge is 2.52. The Morgan fingerprint density at radius 2 is 0.836 bits per heavy atom. The van der Waals surface area contributed by atoms with Crippen LogP contribution in [0.5, 0.6) is 0 Å². The molecule has 0 atom stereocenters. The Morgan fingerprint density at radius 1 is 0.358 bits per heavy atom. The molecular weight excluding hydrogens is 813 g/mol. The van der Waals surface area contributed by atoms with E-state index >= 15 is 0 Å². The fourth-order valence-electron chi connectivity index (χ4n) is 12.8. The lowest BCUT2D eigenvalue weighted by Gasteiger charge is -2.43. The van der Waals surface area contributed by atoms with E-state index in [0.717, 1.165) is 22.5 Å². The summed E-state index contributed by atoms with van der Waals surface area (Å²) in [7, 11) is 0. The Kier molecular flexibility index (Phi) is 7.19. The Morgan fingerprint density at radius 3 is 1.42 bits per heavy atom. The van der Waals surface area contributed by atoms with Crippen molar-refractivity contribution in [3.05, 3.63) is 241 Å². The van der Waals surface area contributed by atoms with Crippen molar-refractivity contribution in [1.82, 2.24) is 14.1 Å². The first kappa shape index (κ1) is 36.8. The Labute approximate surface area is 388 Å². The van der Waals surface area contributed by atoms with E-state index in [2.05, 4.69) is 240 Å². The summed E-state index contributed by atoms with van der Waals surface area (Å²) in [6, 6.07) is 79.4. The van der Waals surface area contributed by atoms with Gasteiger partial charge in [-0.3, -0.25) is 4.98 Å². The van der Waals surface area contributed by atoms with Crippen LogP contribution < -0.4 is 4.90 Å². The first-order valence-corrected chi connectivity index (χ1v) is 23.4. The molecule has 0 radical (unpaired) electrons. The topological polar surface area (TPSA) is 26.0 Å². The number of hydrogen-bond donors (Lipinski definition) is 0. The van der Waals surface area contributed by atoms with Crippen LogP contribution in [0.2, 0.25) is 0 Å². The Hall–Kier alpha value is -8.47. The van der Waals surface area contributed by atoms with Gasteiger partial charge >= 0.3 is 0 Å². The molecule has 12 aromatic rings. The van der Waals surface area contributed by atoms with Crippen molar-refractivity contribution in [2.45, 2.75) is 24.9 Å². The molecule has 9 aromatic carbocycles. The summed E-state index contributed by atoms with van der Waals surface area (Å²) in [5, 5.41) is 4.95. The molecule has 2 aliphatic carbocycles. The first-order valence-electron chi connectivity index (χ1n) is 23.4. The maximum atomic E-state index is 5.37. The minimum atomic E-state index is -0.889. The van der Waals surface area contributed by atoms with Gasteiger partial charge in [-0.1, -0.05) is 166 Å². The van der Waals surface area contributed by atoms with E-state index in [1.807, 2.05) is 6.20 Å². The minimum absolute atomic E-state index is 0.296. The second-order valence-corrected chi connectivity index (χ2v) is 19.0. The van der Waals surface area contributed by atoms with Gasteiger partial charge in [0.1, 0.15) is 0 Å². The molecule has 0 saturated carbocycles. The monoisotopic (exact) mass is 854 g/mol. The van der Waals surface area contributed by atoms with Crippen molar-refractivity contribution in [2.75, 3.05) is 4.90 Å². The van der Waals surface area contributed by atoms with Gasteiger partial charge in [0.25, 0.3) is 0 Å². The number of hydrogen-bond acceptors (Lipinski definition) is 2. The lowest BCUT2D eigenvalue weighted by molar-refractivity contribution is 0.416. The van der Waals surface area contributed by atoms with Crippen LogP contribution in [0.4, 0.5) is 17.1 Å². The van der Waals surface area contributed by atoms with E-state index in [-0.39, 0.29) is 5.41 Å². The van der Waals surface area contributed by atoms with E-state index in [0.29, 0.717) is 0 Å². The normalized spacial score (nSPS) is 14.6. The molecule has 0 fully saturated rings. The Balaban J connectivity index is 1.16. The quantitative estimate of drug-likeness (QED) is 0.177. The third kappa shape index (κ3) is 4.55. The van der Waals surface area contributed by atoms with Crippen molar-refractivity contribution in [3.63, 3.8) is 0 Å². The fourth-order valence-corrected chi connectivity index (χ4v) is 12.8. The summed E-state index contributed by atoms with van der Waals surface area (Å²) in [5.41, 5.74) is 21.5. The molecule has 15 rings (SSSR count). The van der Waals surface area contributed by atoms with E-state index in [9.17, 15) is 0 Å². The van der Waals surface area contributed by atoms with E-state index in [1.54, 1.807) is 0 Å². The number of pyridine rings is 1. The minimum Gasteiger partial charge on any atom is -0.310 e. The van der Waals surface area contributed by atoms with Gasteiger partial charge < -0.3 is 14.0 Å². The highest BCUT2D eigenvalue weighted by molar-refractivity contribution is 6.14. The van der Waals surface area contributed by atoms with Gasteiger partial charge in [0.05, 0.1) is 39.1 Å². The van der Waals surface area contributed by atoms with Crippen LogP contribution >= 0.6 is 0 Å². The van der Waals surface area contributed by atoms with E-state index in [1.165, 1.54) is 105 Å². The molecule has 314 valence electrons. The molecule has 3 aromatic heterocycles. The summed E-state index contributed by atoms with van der Waals surface area (Å²) in [5.74, 6) is 0. The van der Waals surface area contributed by atoms with Crippen LogP contribution in [0.1, 0.15) is 36.1 Å². The molecule has 0 spiro atoms. The number of nitrogens with zero attached hydrogens (tertiary/aromatic N) is 4. The highest BCUT2D eigenvalue weighted by Crippen LogP contribution is 2.63. The number of aromatic nitrogens is 3. The zero-order valence-electron chi connectivity index (χ0n) is 37.1. The van der Waals surface area contributed by atoms with Gasteiger partial charge in [-0.25, -0.2) is 0 Å². The average Bonchev–Trinajstić information content (AvgIpc) is 4.00. The maximum absolute atomic E-state index is 5.37. The number of rotatable bonds is 3. The molecule has 3 aliphatic rings. The predicted octanol–water partition coefficient (Wildman–Crippen LogP) is 16.0. The third-order valence-corrected chi connectivity index (χ3v) is 15.5. The highest BCUT2D eigenvalue weighted by atomic mass is 15.3. The van der Waals surface area contributed by atoms with Crippen LogP contribution in [-0.2, 0) is 11.1 Å². The number of benzene rings is 9. The molecule has 1 aliphatic heterocycles. The second-order valence-electron chi connectivity index (χ2n) is 19.0. The Bertz CT molecular complexity index is 3870. The first-order chi connectivity index (χ1) is 33.0. The summed E-state index contributed by atoms with van der Waals surface area (Å²) in [4.78, 5) is 7.86. The summed E-state index contributed by atoms with van der Waals surface area (Å²) >= 11 is 0. The molecule has 67 heavy (non-hydrogen) atoms. The zero-order valence-corrected chi connectivity index (χ0v) is 37.1. The molecule has 4 heterocycles. The average molecular weight is 855 g/mol. The molecule has 4 heteroatoms. The van der Waals surface area contributed by atoms with E-state index < -0.39 is 5.66 Å². The third-order valence-electron chi connectivity index (χ3n) is 15.5. The molecule has 0 N–H and O–H groups in total. The van der Waals surface area contributed by atoms with Gasteiger partial charge in [0.2, 0.25) is 0 Å². The SMILES string of the molecule is CC1(C)c2ccccc2N(c2ccccc2)c2cc3c(cc21)-c1ncccc1-c1cccc2c1-c1c-3cccc1C2(n1c2ccccc2c2ccccc21)n1c2ccccc2c2ccccc21. The van der Waals surface area contributed by atoms with Crippen molar-refractivity contribution >= 4 is 60.7 Å². The summed E-state index contributed by atoms with van der Waals surface area (Å²) in [6.45, 7) is 4.77. The fraction of sp³-hybridized carbons (Fsp3) is 0.0635. The molecule has 0 amide bonds. The molecule has 0 bridgehead atoms. The van der Waals surface area contributed by atoms with Crippen molar-refractivity contribution in [1.29, 1.82) is 0 Å². The van der Waals surface area contributed by atoms with Gasteiger partial charge in [0.15, 0.2) is 5.66 Å². The van der Waals surface area contributed by atoms with Crippen LogP contribution in [-0.4, -0.2) is 14.1 Å². The molecule has 0 saturated heterocycles. The van der Waals surface area contributed by atoms with Crippen LogP contribution in [0.25, 0.3) is 88.2 Å². The molecule has 0 unspecified atom stereocenters. The van der Waals surface area contributed by atoms with Gasteiger partial charge in [-0.2, -0.15) is 0 Å². The molecular formula is C63H42N4. The summed E-state index contributed by atoms with van der Waals surface area (Å²) in [6.07, 6.45) is 1.97. The van der Waals surface area contributed by atoms with Gasteiger partial charge in [-0.15, -0.1) is 0 Å². The lowest BCUT2D eigenvalue weighted by Crippen LogP contribution is -2.41. The zero-order chi connectivity index (χ0) is 44.2. The van der Waals surface area contributed by atoms with Crippen molar-refractivity contribution in [3.8, 4) is 44.6 Å². The predicted molar refractivity (Wildman–Crippen MR) is 277 cm³/mol. The molecule has 4 nitrogen and oxygen atoms in total. The second kappa shape index (κ2) is 13.1. The van der Waals surface area contributed by atoms with Crippen LogP contribution in [0, 0.1) is 0 Å². The smallest absolute Gasteiger partial charge is 0.176 e.